The molecule has 0 aliphatic carbocycles. The molecule has 0 atom stereocenters. The van der Waals surface area contributed by atoms with E-state index < -0.39 is 5.82 Å². The normalized spacial score (nSPS) is 11.2. The predicted molar refractivity (Wildman–Crippen MR) is 76.2 cm³/mol. The molecule has 0 amide bonds. The van der Waals surface area contributed by atoms with Crippen LogP contribution in [0.1, 0.15) is 26.2 Å². The van der Waals surface area contributed by atoms with Crippen LogP contribution in [0, 0.1) is 5.82 Å². The molecule has 2 aromatic rings. The average molecular weight is 298 g/mol. The van der Waals surface area contributed by atoms with Gasteiger partial charge in [-0.25, -0.2) is 4.39 Å². The van der Waals surface area contributed by atoms with E-state index in [1.807, 2.05) is 0 Å². The van der Waals surface area contributed by atoms with Crippen molar-refractivity contribution < 1.29 is 8.81 Å². The van der Waals surface area contributed by atoms with Gasteiger partial charge >= 0.3 is 0 Å². The Labute approximate surface area is 122 Å². The fourth-order valence-electron chi connectivity index (χ4n) is 1.76. The Bertz CT molecular complexity index is 571. The van der Waals surface area contributed by atoms with Gasteiger partial charge in [0.05, 0.1) is 5.56 Å². The molecule has 0 fully saturated rings. The molecule has 0 unspecified atom stereocenters. The highest BCUT2D eigenvalue weighted by Crippen LogP contribution is 2.25. The molecule has 4 nitrogen and oxygen atoms in total. The van der Waals surface area contributed by atoms with Crippen molar-refractivity contribution in [2.24, 2.45) is 0 Å². The lowest BCUT2D eigenvalue weighted by molar-refractivity contribution is 0.481. The number of rotatable bonds is 6. The van der Waals surface area contributed by atoms with Crippen LogP contribution in [0.25, 0.3) is 11.5 Å². The zero-order valence-corrected chi connectivity index (χ0v) is 12.2. The van der Waals surface area contributed by atoms with Gasteiger partial charge in [-0.2, -0.15) is 0 Å². The third-order valence-corrected chi connectivity index (χ3v) is 2.98. The van der Waals surface area contributed by atoms with Crippen LogP contribution < -0.4 is 5.32 Å². The summed E-state index contributed by atoms with van der Waals surface area (Å²) in [6.07, 6.45) is 1.55. The van der Waals surface area contributed by atoms with Gasteiger partial charge in [0.15, 0.2) is 0 Å². The molecule has 1 aromatic carbocycles. The number of benzene rings is 1. The summed E-state index contributed by atoms with van der Waals surface area (Å²) in [6, 6.07) is 4.70. The summed E-state index contributed by atoms with van der Waals surface area (Å²) in [6.45, 7) is 5.06. The van der Waals surface area contributed by atoms with E-state index >= 15 is 0 Å². The highest BCUT2D eigenvalue weighted by molar-refractivity contribution is 6.30. The van der Waals surface area contributed by atoms with E-state index in [0.29, 0.717) is 23.4 Å². The first kappa shape index (κ1) is 14.9. The van der Waals surface area contributed by atoms with Crippen LogP contribution in [0.4, 0.5) is 4.39 Å². The lowest BCUT2D eigenvalue weighted by Crippen LogP contribution is -2.23. The molecule has 108 valence electrons. The molecule has 1 aromatic heterocycles. The highest BCUT2D eigenvalue weighted by atomic mass is 35.5. The zero-order chi connectivity index (χ0) is 14.5. The first-order valence-corrected chi connectivity index (χ1v) is 6.95. The second-order valence-electron chi connectivity index (χ2n) is 4.84. The number of hydrogen-bond donors (Lipinski definition) is 1. The summed E-state index contributed by atoms with van der Waals surface area (Å²) in [5.74, 6) is 0.243. The van der Waals surface area contributed by atoms with Crippen LogP contribution in [0.15, 0.2) is 22.6 Å². The molecule has 20 heavy (non-hydrogen) atoms. The first-order chi connectivity index (χ1) is 9.56. The van der Waals surface area contributed by atoms with E-state index in [1.165, 1.54) is 18.2 Å². The smallest absolute Gasteiger partial charge is 0.250 e. The van der Waals surface area contributed by atoms with Gasteiger partial charge in [-0.15, -0.1) is 10.2 Å². The van der Waals surface area contributed by atoms with Crippen LogP contribution >= 0.6 is 11.6 Å². The largest absolute Gasteiger partial charge is 0.421 e. The molecule has 1 heterocycles. The molecule has 0 saturated carbocycles. The number of aryl methyl sites for hydroxylation is 1. The first-order valence-electron chi connectivity index (χ1n) is 6.57. The van der Waals surface area contributed by atoms with E-state index in [2.05, 4.69) is 29.4 Å². The Kier molecular flexibility index (Phi) is 5.09. The maximum atomic E-state index is 13.7. The van der Waals surface area contributed by atoms with Crippen molar-refractivity contribution in [2.45, 2.75) is 32.7 Å². The van der Waals surface area contributed by atoms with Crippen LogP contribution in [0.3, 0.4) is 0 Å². The van der Waals surface area contributed by atoms with Crippen molar-refractivity contribution in [3.8, 4) is 11.5 Å². The van der Waals surface area contributed by atoms with Gasteiger partial charge in [0.25, 0.3) is 5.89 Å². The standard InChI is InChI=1S/C14H17ClFN3O/c1-9(2)17-7-3-4-13-18-19-14(20-13)11-8-10(15)5-6-12(11)16/h5-6,8-9,17H,3-4,7H2,1-2H3. The van der Waals surface area contributed by atoms with E-state index in [-0.39, 0.29) is 11.5 Å². The minimum Gasteiger partial charge on any atom is -0.421 e. The van der Waals surface area contributed by atoms with Crippen LogP contribution in [0.2, 0.25) is 5.02 Å². The number of nitrogens with zero attached hydrogens (tertiary/aromatic N) is 2. The second-order valence-corrected chi connectivity index (χ2v) is 5.27. The number of halogens is 2. The van der Waals surface area contributed by atoms with Crippen LogP contribution in [-0.4, -0.2) is 22.8 Å². The Hall–Kier alpha value is -1.46. The average Bonchev–Trinajstić information content (AvgIpc) is 2.86. The molecule has 0 radical (unpaired) electrons. The number of aromatic nitrogens is 2. The number of nitrogens with one attached hydrogen (secondary N) is 1. The van der Waals surface area contributed by atoms with E-state index in [1.54, 1.807) is 0 Å². The third-order valence-electron chi connectivity index (χ3n) is 2.75. The van der Waals surface area contributed by atoms with Crippen molar-refractivity contribution in [3.05, 3.63) is 34.9 Å². The molecule has 0 spiro atoms. The van der Waals surface area contributed by atoms with Gasteiger partial charge in [-0.05, 0) is 31.2 Å². The maximum Gasteiger partial charge on any atom is 0.250 e. The predicted octanol–water partition coefficient (Wildman–Crippen LogP) is 3.46. The van der Waals surface area contributed by atoms with Crippen molar-refractivity contribution >= 4 is 11.6 Å². The molecule has 1 N–H and O–H groups in total. The van der Waals surface area contributed by atoms with Gasteiger partial charge in [0.2, 0.25) is 5.89 Å². The van der Waals surface area contributed by atoms with Gasteiger partial charge in [0.1, 0.15) is 5.82 Å². The Balaban J connectivity index is 2.00. The topological polar surface area (TPSA) is 51.0 Å². The monoisotopic (exact) mass is 297 g/mol. The summed E-state index contributed by atoms with van der Waals surface area (Å²) in [5.41, 5.74) is 0.233. The Morgan fingerprint density at radius 3 is 2.90 bits per heavy atom. The molecular formula is C14H17ClFN3O. The summed E-state index contributed by atoms with van der Waals surface area (Å²) in [7, 11) is 0. The van der Waals surface area contributed by atoms with E-state index in [4.69, 9.17) is 16.0 Å². The Morgan fingerprint density at radius 1 is 1.35 bits per heavy atom. The SMILES string of the molecule is CC(C)NCCCc1nnc(-c2cc(Cl)ccc2F)o1. The molecule has 0 bridgehead atoms. The van der Waals surface area contributed by atoms with Crippen LogP contribution in [-0.2, 0) is 6.42 Å². The third kappa shape index (κ3) is 4.02. The molecule has 0 aliphatic rings. The lowest BCUT2D eigenvalue weighted by Gasteiger charge is -2.05. The molecule has 0 saturated heterocycles. The summed E-state index contributed by atoms with van der Waals surface area (Å²) >= 11 is 5.84. The van der Waals surface area contributed by atoms with Gasteiger partial charge in [-0.1, -0.05) is 25.4 Å². The minimum atomic E-state index is -0.425. The van der Waals surface area contributed by atoms with Crippen molar-refractivity contribution in [3.63, 3.8) is 0 Å². The maximum absolute atomic E-state index is 13.7. The van der Waals surface area contributed by atoms with E-state index in [0.717, 1.165) is 13.0 Å². The number of hydrogen-bond acceptors (Lipinski definition) is 4. The van der Waals surface area contributed by atoms with Crippen molar-refractivity contribution in [2.75, 3.05) is 6.54 Å². The molecule has 2 rings (SSSR count). The summed E-state index contributed by atoms with van der Waals surface area (Å²) in [4.78, 5) is 0. The highest BCUT2D eigenvalue weighted by Gasteiger charge is 2.13. The second kappa shape index (κ2) is 6.81. The lowest BCUT2D eigenvalue weighted by atomic mass is 10.2. The molecule has 0 aliphatic heterocycles. The van der Waals surface area contributed by atoms with E-state index in [9.17, 15) is 4.39 Å². The van der Waals surface area contributed by atoms with Gasteiger partial charge in [-0.3, -0.25) is 0 Å². The minimum absolute atomic E-state index is 0.164. The Morgan fingerprint density at radius 2 is 2.15 bits per heavy atom. The fraction of sp³-hybridized carbons (Fsp3) is 0.429. The summed E-state index contributed by atoms with van der Waals surface area (Å²) in [5, 5.41) is 11.5. The van der Waals surface area contributed by atoms with Crippen molar-refractivity contribution in [1.82, 2.24) is 15.5 Å². The fourth-order valence-corrected chi connectivity index (χ4v) is 1.93. The zero-order valence-electron chi connectivity index (χ0n) is 11.5. The summed E-state index contributed by atoms with van der Waals surface area (Å²) < 4.78 is 19.1. The van der Waals surface area contributed by atoms with Gasteiger partial charge in [0, 0.05) is 17.5 Å². The van der Waals surface area contributed by atoms with Gasteiger partial charge < -0.3 is 9.73 Å². The van der Waals surface area contributed by atoms with Crippen molar-refractivity contribution in [1.29, 1.82) is 0 Å². The quantitative estimate of drug-likeness (QED) is 0.830. The van der Waals surface area contributed by atoms with Crippen LogP contribution in [0.5, 0.6) is 0 Å². The molecular weight excluding hydrogens is 281 g/mol. The molecule has 6 heteroatoms.